The Kier molecular flexibility index (Phi) is 7.29. The van der Waals surface area contributed by atoms with Crippen molar-refractivity contribution >= 4 is 5.91 Å². The molecule has 1 N–H and O–H groups in total. The lowest BCUT2D eigenvalue weighted by Crippen LogP contribution is -2.34. The number of rotatable bonds is 8. The average molecular weight is 343 g/mol. The van der Waals surface area contributed by atoms with Gasteiger partial charge in [0.05, 0.1) is 13.2 Å². The molecule has 1 aromatic rings. The number of hydrogen-bond donors (Lipinski definition) is 1. The fourth-order valence-electron chi connectivity index (χ4n) is 2.59. The topological polar surface area (TPSA) is 59.0 Å². The van der Waals surface area contributed by atoms with E-state index in [2.05, 4.69) is 6.58 Å². The van der Waals surface area contributed by atoms with E-state index in [9.17, 15) is 4.79 Å². The summed E-state index contributed by atoms with van der Waals surface area (Å²) in [4.78, 5) is 14.0. The third-order valence-electron chi connectivity index (χ3n) is 3.88. The SMILES string of the molecule is C=C/C=C(\C=C/C)O[C@H]1CCN(C(=O)COc2ccc(CO)cc2)C1. The Labute approximate surface area is 148 Å². The normalized spacial score (nSPS) is 17.8. The number of amides is 1. The molecule has 134 valence electrons. The molecule has 1 atom stereocenters. The largest absolute Gasteiger partial charge is 0.489 e. The van der Waals surface area contributed by atoms with Crippen LogP contribution in [-0.4, -0.2) is 41.7 Å². The summed E-state index contributed by atoms with van der Waals surface area (Å²) < 4.78 is 11.4. The molecule has 0 bridgehead atoms. The molecule has 1 aliphatic heterocycles. The summed E-state index contributed by atoms with van der Waals surface area (Å²) in [6.07, 6.45) is 8.06. The molecule has 0 unspecified atom stereocenters. The number of carbonyl (C=O) groups is 1. The molecule has 1 saturated heterocycles. The first kappa shape index (κ1) is 18.8. The highest BCUT2D eigenvalue weighted by Crippen LogP contribution is 2.18. The van der Waals surface area contributed by atoms with Crippen molar-refractivity contribution in [2.75, 3.05) is 19.7 Å². The summed E-state index contributed by atoms with van der Waals surface area (Å²) in [6, 6.07) is 7.04. The third-order valence-corrected chi connectivity index (χ3v) is 3.88. The van der Waals surface area contributed by atoms with Crippen LogP contribution in [0, 0.1) is 0 Å². The summed E-state index contributed by atoms with van der Waals surface area (Å²) in [7, 11) is 0. The third kappa shape index (κ3) is 5.80. The average Bonchev–Trinajstić information content (AvgIpc) is 3.09. The highest BCUT2D eigenvalue weighted by molar-refractivity contribution is 5.78. The van der Waals surface area contributed by atoms with Gasteiger partial charge in [0.1, 0.15) is 17.6 Å². The number of nitrogens with zero attached hydrogens (tertiary/aromatic N) is 1. The molecule has 25 heavy (non-hydrogen) atoms. The zero-order chi connectivity index (χ0) is 18.1. The minimum absolute atomic E-state index is 0.00455. The van der Waals surface area contributed by atoms with Crippen LogP contribution in [0.25, 0.3) is 0 Å². The molecule has 0 radical (unpaired) electrons. The van der Waals surface area contributed by atoms with E-state index < -0.39 is 0 Å². The summed E-state index contributed by atoms with van der Waals surface area (Å²) in [5, 5.41) is 9.02. The highest BCUT2D eigenvalue weighted by Gasteiger charge is 2.27. The quantitative estimate of drug-likeness (QED) is 0.582. The Bertz CT molecular complexity index is 634. The predicted molar refractivity (Wildman–Crippen MR) is 97.0 cm³/mol. The van der Waals surface area contributed by atoms with Crippen molar-refractivity contribution in [1.29, 1.82) is 0 Å². The van der Waals surface area contributed by atoms with Crippen LogP contribution < -0.4 is 4.74 Å². The van der Waals surface area contributed by atoms with Crippen LogP contribution in [0.1, 0.15) is 18.9 Å². The summed E-state index contributed by atoms with van der Waals surface area (Å²) >= 11 is 0. The maximum atomic E-state index is 12.3. The van der Waals surface area contributed by atoms with E-state index in [0.717, 1.165) is 17.7 Å². The first-order chi connectivity index (χ1) is 12.2. The molecule has 1 heterocycles. The number of carbonyl (C=O) groups excluding carboxylic acids is 1. The second-order valence-electron chi connectivity index (χ2n) is 5.76. The van der Waals surface area contributed by atoms with Gasteiger partial charge in [0.2, 0.25) is 0 Å². The molecule has 0 spiro atoms. The fourth-order valence-corrected chi connectivity index (χ4v) is 2.59. The number of aliphatic hydroxyl groups excluding tert-OH is 1. The van der Waals surface area contributed by atoms with Crippen LogP contribution in [-0.2, 0) is 16.1 Å². The molecule has 0 saturated carbocycles. The van der Waals surface area contributed by atoms with E-state index in [1.807, 2.05) is 25.2 Å². The Morgan fingerprint density at radius 2 is 2.16 bits per heavy atom. The number of allylic oxidation sites excluding steroid dienone is 4. The molecule has 1 aliphatic rings. The predicted octanol–water partition coefficient (Wildman–Crippen LogP) is 2.82. The van der Waals surface area contributed by atoms with E-state index in [1.165, 1.54) is 0 Å². The summed E-state index contributed by atoms with van der Waals surface area (Å²) in [5.41, 5.74) is 0.808. The molecule has 1 fully saturated rings. The van der Waals surface area contributed by atoms with E-state index in [0.29, 0.717) is 18.8 Å². The van der Waals surface area contributed by atoms with Gasteiger partial charge in [-0.2, -0.15) is 0 Å². The Morgan fingerprint density at radius 1 is 1.40 bits per heavy atom. The van der Waals surface area contributed by atoms with Gasteiger partial charge in [0.25, 0.3) is 5.91 Å². The van der Waals surface area contributed by atoms with Gasteiger partial charge in [-0.05, 0) is 36.8 Å². The van der Waals surface area contributed by atoms with Crippen LogP contribution in [0.3, 0.4) is 0 Å². The zero-order valence-electron chi connectivity index (χ0n) is 14.6. The van der Waals surface area contributed by atoms with Gasteiger partial charge in [-0.3, -0.25) is 4.79 Å². The lowest BCUT2D eigenvalue weighted by molar-refractivity contribution is -0.132. The van der Waals surface area contributed by atoms with Crippen LogP contribution in [0.4, 0.5) is 0 Å². The van der Waals surface area contributed by atoms with Crippen molar-refractivity contribution in [2.45, 2.75) is 26.1 Å². The van der Waals surface area contributed by atoms with Gasteiger partial charge in [-0.25, -0.2) is 0 Å². The smallest absolute Gasteiger partial charge is 0.260 e. The standard InChI is InChI=1S/C20H25NO4/c1-3-5-18(6-4-2)25-19-11-12-21(13-19)20(23)15-24-17-9-7-16(14-22)8-10-17/h3-10,19,22H,1,11-15H2,2H3/b6-4-,18-5+/t19-/m0/s1. The Balaban J connectivity index is 1.81. The molecule has 5 nitrogen and oxygen atoms in total. The highest BCUT2D eigenvalue weighted by atomic mass is 16.5. The van der Waals surface area contributed by atoms with Gasteiger partial charge in [-0.15, -0.1) is 0 Å². The minimum Gasteiger partial charge on any atom is -0.489 e. The van der Waals surface area contributed by atoms with Crippen molar-refractivity contribution in [3.63, 3.8) is 0 Å². The number of likely N-dealkylation sites (tertiary alicyclic amines) is 1. The number of benzene rings is 1. The maximum absolute atomic E-state index is 12.3. The first-order valence-corrected chi connectivity index (χ1v) is 8.38. The molecule has 2 rings (SSSR count). The fraction of sp³-hybridized carbons (Fsp3) is 0.350. The lowest BCUT2D eigenvalue weighted by Gasteiger charge is -2.18. The van der Waals surface area contributed by atoms with Crippen LogP contribution in [0.2, 0.25) is 0 Å². The number of ether oxygens (including phenoxy) is 2. The minimum atomic E-state index is -0.0578. The number of hydrogen-bond acceptors (Lipinski definition) is 4. The van der Waals surface area contributed by atoms with Crippen molar-refractivity contribution in [1.82, 2.24) is 4.90 Å². The second kappa shape index (κ2) is 9.69. The van der Waals surface area contributed by atoms with Gasteiger partial charge >= 0.3 is 0 Å². The molecular formula is C20H25NO4. The van der Waals surface area contributed by atoms with Gasteiger partial charge < -0.3 is 19.5 Å². The van der Waals surface area contributed by atoms with Gasteiger partial charge in [-0.1, -0.05) is 30.9 Å². The molecule has 0 aliphatic carbocycles. The maximum Gasteiger partial charge on any atom is 0.260 e. The second-order valence-corrected chi connectivity index (χ2v) is 5.76. The molecule has 0 aromatic heterocycles. The van der Waals surface area contributed by atoms with Crippen LogP contribution in [0.5, 0.6) is 5.75 Å². The molecular weight excluding hydrogens is 318 g/mol. The van der Waals surface area contributed by atoms with Crippen molar-refractivity contribution in [3.05, 3.63) is 66.5 Å². The van der Waals surface area contributed by atoms with Crippen molar-refractivity contribution in [3.8, 4) is 5.75 Å². The Morgan fingerprint density at radius 3 is 2.80 bits per heavy atom. The molecule has 1 aromatic carbocycles. The molecule has 5 heteroatoms. The van der Waals surface area contributed by atoms with E-state index >= 15 is 0 Å². The van der Waals surface area contributed by atoms with Crippen molar-refractivity contribution < 1.29 is 19.4 Å². The van der Waals surface area contributed by atoms with Gasteiger partial charge in [0.15, 0.2) is 6.61 Å². The Hall–Kier alpha value is -2.53. The number of aliphatic hydroxyl groups is 1. The summed E-state index contributed by atoms with van der Waals surface area (Å²) in [5.74, 6) is 1.30. The first-order valence-electron chi connectivity index (χ1n) is 8.38. The van der Waals surface area contributed by atoms with E-state index in [1.54, 1.807) is 35.2 Å². The van der Waals surface area contributed by atoms with E-state index in [-0.39, 0.29) is 25.2 Å². The van der Waals surface area contributed by atoms with Crippen LogP contribution >= 0.6 is 0 Å². The van der Waals surface area contributed by atoms with Gasteiger partial charge in [0, 0.05) is 13.0 Å². The van der Waals surface area contributed by atoms with Crippen LogP contribution in [0.15, 0.2) is 60.9 Å². The van der Waals surface area contributed by atoms with E-state index in [4.69, 9.17) is 14.6 Å². The summed E-state index contributed by atoms with van der Waals surface area (Å²) in [6.45, 7) is 6.80. The molecule has 1 amide bonds. The monoisotopic (exact) mass is 343 g/mol. The zero-order valence-corrected chi connectivity index (χ0v) is 14.6. The lowest BCUT2D eigenvalue weighted by atomic mass is 10.2. The van der Waals surface area contributed by atoms with Crippen molar-refractivity contribution in [2.24, 2.45) is 0 Å².